The highest BCUT2D eigenvalue weighted by Crippen LogP contribution is 2.20. The molecule has 1 aromatic heterocycles. The summed E-state index contributed by atoms with van der Waals surface area (Å²) in [5, 5.41) is 0. The molecule has 1 atom stereocenters. The van der Waals surface area contributed by atoms with Gasteiger partial charge in [-0.25, -0.2) is 0 Å². The van der Waals surface area contributed by atoms with Gasteiger partial charge in [0.2, 0.25) is 5.91 Å². The van der Waals surface area contributed by atoms with E-state index < -0.39 is 11.9 Å². The predicted octanol–water partition coefficient (Wildman–Crippen LogP) is 0.917. The number of nitrogens with two attached hydrogens (primary N) is 2. The number of carbonyl (C=O) groups excluding carboxylic acids is 1. The second kappa shape index (κ2) is 3.73. The predicted molar refractivity (Wildman–Crippen MR) is 47.1 cm³/mol. The van der Waals surface area contributed by atoms with Crippen molar-refractivity contribution in [2.45, 2.75) is 12.5 Å². The van der Waals surface area contributed by atoms with Crippen molar-refractivity contribution in [2.75, 3.05) is 0 Å². The number of furan rings is 1. The van der Waals surface area contributed by atoms with E-state index in [2.05, 4.69) is 15.9 Å². The zero-order valence-electron chi connectivity index (χ0n) is 6.29. The van der Waals surface area contributed by atoms with Gasteiger partial charge in [0.05, 0.1) is 6.04 Å². The highest BCUT2D eigenvalue weighted by Gasteiger charge is 2.12. The molecule has 12 heavy (non-hydrogen) atoms. The summed E-state index contributed by atoms with van der Waals surface area (Å²) in [6, 6.07) is 2.97. The molecule has 0 fully saturated rings. The van der Waals surface area contributed by atoms with Crippen LogP contribution in [0, 0.1) is 0 Å². The molecule has 1 heterocycles. The lowest BCUT2D eigenvalue weighted by Gasteiger charge is -2.04. The monoisotopic (exact) mass is 232 g/mol. The molecule has 0 radical (unpaired) electrons. The highest BCUT2D eigenvalue weighted by atomic mass is 79.9. The summed E-state index contributed by atoms with van der Waals surface area (Å²) < 4.78 is 5.72. The third-order valence-electron chi connectivity index (χ3n) is 1.38. The first kappa shape index (κ1) is 9.28. The maximum absolute atomic E-state index is 10.5. The average molecular weight is 233 g/mol. The SMILES string of the molecule is NC(=O)C[C@@H](N)c1ccc(Br)o1. The van der Waals surface area contributed by atoms with Crippen LogP contribution in [0.2, 0.25) is 0 Å². The second-order valence-corrected chi connectivity index (χ2v) is 3.20. The van der Waals surface area contributed by atoms with Gasteiger partial charge in [0, 0.05) is 6.42 Å². The molecule has 0 bridgehead atoms. The lowest BCUT2D eigenvalue weighted by molar-refractivity contribution is -0.118. The minimum absolute atomic E-state index is 0.0972. The van der Waals surface area contributed by atoms with Gasteiger partial charge in [-0.15, -0.1) is 0 Å². The van der Waals surface area contributed by atoms with Gasteiger partial charge in [0.1, 0.15) is 5.76 Å². The van der Waals surface area contributed by atoms with Gasteiger partial charge in [0.15, 0.2) is 4.67 Å². The van der Waals surface area contributed by atoms with E-state index in [9.17, 15) is 4.79 Å². The Morgan fingerprint density at radius 2 is 2.33 bits per heavy atom. The summed E-state index contributed by atoms with van der Waals surface area (Å²) in [6.07, 6.45) is 0.0972. The maximum atomic E-state index is 10.5. The first-order valence-corrected chi connectivity index (χ1v) is 4.18. The van der Waals surface area contributed by atoms with Crippen LogP contribution in [0.3, 0.4) is 0 Å². The van der Waals surface area contributed by atoms with Gasteiger partial charge >= 0.3 is 0 Å². The Labute approximate surface area is 78.0 Å². The number of rotatable bonds is 3. The maximum Gasteiger partial charge on any atom is 0.219 e. The van der Waals surface area contributed by atoms with Crippen LogP contribution in [0.25, 0.3) is 0 Å². The third kappa shape index (κ3) is 2.35. The zero-order valence-corrected chi connectivity index (χ0v) is 7.87. The van der Waals surface area contributed by atoms with E-state index in [4.69, 9.17) is 15.9 Å². The molecular weight excluding hydrogens is 224 g/mol. The average Bonchev–Trinajstić information content (AvgIpc) is 2.34. The first-order chi connectivity index (χ1) is 5.59. The smallest absolute Gasteiger partial charge is 0.219 e. The molecule has 0 aliphatic rings. The third-order valence-corrected chi connectivity index (χ3v) is 1.81. The molecular formula is C7H9BrN2O2. The molecule has 5 heteroatoms. The molecule has 0 saturated carbocycles. The largest absolute Gasteiger partial charge is 0.453 e. The van der Waals surface area contributed by atoms with Gasteiger partial charge in [-0.1, -0.05) is 0 Å². The summed E-state index contributed by atoms with van der Waals surface area (Å²) in [4.78, 5) is 10.5. The van der Waals surface area contributed by atoms with Gasteiger partial charge in [-0.3, -0.25) is 4.79 Å². The molecule has 0 aliphatic heterocycles. The molecule has 0 spiro atoms. The van der Waals surface area contributed by atoms with Crippen molar-refractivity contribution in [3.63, 3.8) is 0 Å². The standard InChI is InChI=1S/C7H9BrN2O2/c8-6-2-1-5(12-6)4(9)3-7(10)11/h1-2,4H,3,9H2,(H2,10,11)/t4-/m1/s1. The van der Waals surface area contributed by atoms with Crippen molar-refractivity contribution < 1.29 is 9.21 Å². The van der Waals surface area contributed by atoms with Crippen LogP contribution in [-0.4, -0.2) is 5.91 Å². The van der Waals surface area contributed by atoms with Crippen molar-refractivity contribution in [2.24, 2.45) is 11.5 Å². The Morgan fingerprint density at radius 3 is 2.75 bits per heavy atom. The fourth-order valence-electron chi connectivity index (χ4n) is 0.845. The number of halogens is 1. The van der Waals surface area contributed by atoms with Crippen LogP contribution in [-0.2, 0) is 4.79 Å². The molecule has 4 nitrogen and oxygen atoms in total. The fraction of sp³-hybridized carbons (Fsp3) is 0.286. The van der Waals surface area contributed by atoms with Crippen LogP contribution in [0.15, 0.2) is 21.2 Å². The summed E-state index contributed by atoms with van der Waals surface area (Å²) in [7, 11) is 0. The van der Waals surface area contributed by atoms with Crippen LogP contribution >= 0.6 is 15.9 Å². The van der Waals surface area contributed by atoms with E-state index in [-0.39, 0.29) is 6.42 Å². The molecule has 66 valence electrons. The number of primary amides is 1. The summed E-state index contributed by atoms with van der Waals surface area (Å²) in [6.45, 7) is 0. The van der Waals surface area contributed by atoms with Crippen molar-refractivity contribution in [3.8, 4) is 0 Å². The minimum Gasteiger partial charge on any atom is -0.453 e. The Bertz CT molecular complexity index is 285. The quantitative estimate of drug-likeness (QED) is 0.814. The second-order valence-electron chi connectivity index (χ2n) is 2.42. The number of hydrogen-bond acceptors (Lipinski definition) is 3. The van der Waals surface area contributed by atoms with E-state index in [0.717, 1.165) is 0 Å². The van der Waals surface area contributed by atoms with Gasteiger partial charge in [-0.2, -0.15) is 0 Å². The number of hydrogen-bond donors (Lipinski definition) is 2. The Morgan fingerprint density at radius 1 is 1.67 bits per heavy atom. The van der Waals surface area contributed by atoms with E-state index in [1.54, 1.807) is 12.1 Å². The first-order valence-electron chi connectivity index (χ1n) is 3.38. The van der Waals surface area contributed by atoms with E-state index in [0.29, 0.717) is 10.4 Å². The Kier molecular flexibility index (Phi) is 2.88. The van der Waals surface area contributed by atoms with Gasteiger partial charge in [0.25, 0.3) is 0 Å². The van der Waals surface area contributed by atoms with Crippen LogP contribution in [0.1, 0.15) is 18.2 Å². The van der Waals surface area contributed by atoms with Crippen molar-refractivity contribution in [1.82, 2.24) is 0 Å². The number of carbonyl (C=O) groups is 1. The normalized spacial score (nSPS) is 12.8. The molecule has 1 rings (SSSR count). The Hall–Kier alpha value is -0.810. The highest BCUT2D eigenvalue weighted by molar-refractivity contribution is 9.10. The summed E-state index contributed by atoms with van der Waals surface area (Å²) >= 11 is 3.13. The molecule has 1 aromatic rings. The lowest BCUT2D eigenvalue weighted by Crippen LogP contribution is -2.20. The van der Waals surface area contributed by atoms with Gasteiger partial charge in [-0.05, 0) is 28.1 Å². The topological polar surface area (TPSA) is 82.2 Å². The van der Waals surface area contributed by atoms with Crippen molar-refractivity contribution in [1.29, 1.82) is 0 Å². The molecule has 0 saturated heterocycles. The Balaban J connectivity index is 2.64. The van der Waals surface area contributed by atoms with Crippen LogP contribution < -0.4 is 11.5 Å². The minimum atomic E-state index is -0.450. The van der Waals surface area contributed by atoms with E-state index >= 15 is 0 Å². The zero-order chi connectivity index (χ0) is 9.14. The summed E-state index contributed by atoms with van der Waals surface area (Å²) in [5.41, 5.74) is 10.6. The lowest BCUT2D eigenvalue weighted by atomic mass is 10.2. The van der Waals surface area contributed by atoms with Crippen molar-refractivity contribution in [3.05, 3.63) is 22.6 Å². The van der Waals surface area contributed by atoms with E-state index in [1.807, 2.05) is 0 Å². The van der Waals surface area contributed by atoms with Crippen LogP contribution in [0.4, 0.5) is 0 Å². The van der Waals surface area contributed by atoms with Crippen molar-refractivity contribution >= 4 is 21.8 Å². The van der Waals surface area contributed by atoms with Crippen LogP contribution in [0.5, 0.6) is 0 Å². The molecule has 0 aliphatic carbocycles. The molecule has 0 unspecified atom stereocenters. The molecule has 1 amide bonds. The van der Waals surface area contributed by atoms with Gasteiger partial charge < -0.3 is 15.9 Å². The summed E-state index contributed by atoms with van der Waals surface area (Å²) in [5.74, 6) is 0.121. The molecule has 0 aromatic carbocycles. The molecule has 4 N–H and O–H groups in total. The van der Waals surface area contributed by atoms with E-state index in [1.165, 1.54) is 0 Å². The number of amides is 1. The fourth-order valence-corrected chi connectivity index (χ4v) is 1.16.